The van der Waals surface area contributed by atoms with E-state index in [9.17, 15) is 0 Å². The van der Waals surface area contributed by atoms with E-state index in [1.165, 1.54) is 0 Å². The normalized spacial score (nSPS) is 10.4. The van der Waals surface area contributed by atoms with Gasteiger partial charge in [-0.3, -0.25) is 9.97 Å². The standard InChI is InChI=1S/C20H15N5/c1-2-6-15(7-3-1)18-14-19(23-16-9-12-21-13-10-16)25-20(24-18)17-8-4-5-11-22-17/h1-14H,(H,21,23,24,25). The van der Waals surface area contributed by atoms with E-state index in [2.05, 4.69) is 25.3 Å². The molecule has 0 unspecified atom stereocenters. The zero-order valence-electron chi connectivity index (χ0n) is 13.4. The van der Waals surface area contributed by atoms with Gasteiger partial charge >= 0.3 is 0 Å². The lowest BCUT2D eigenvalue weighted by molar-refractivity contribution is 1.14. The quantitative estimate of drug-likeness (QED) is 0.604. The van der Waals surface area contributed by atoms with Crippen LogP contribution in [0.2, 0.25) is 0 Å². The molecule has 0 aliphatic carbocycles. The Morgan fingerprint density at radius 3 is 2.24 bits per heavy atom. The van der Waals surface area contributed by atoms with E-state index < -0.39 is 0 Å². The summed E-state index contributed by atoms with van der Waals surface area (Å²) in [4.78, 5) is 17.7. The molecule has 4 aromatic rings. The lowest BCUT2D eigenvalue weighted by Crippen LogP contribution is -2.00. The van der Waals surface area contributed by atoms with Crippen LogP contribution in [0, 0.1) is 0 Å². The molecule has 3 heterocycles. The van der Waals surface area contributed by atoms with E-state index in [1.54, 1.807) is 18.6 Å². The Balaban J connectivity index is 1.80. The van der Waals surface area contributed by atoms with E-state index in [0.29, 0.717) is 11.6 Å². The number of nitrogens with one attached hydrogen (secondary N) is 1. The second-order valence-corrected chi connectivity index (χ2v) is 5.40. The number of hydrogen-bond donors (Lipinski definition) is 1. The van der Waals surface area contributed by atoms with Crippen LogP contribution in [0.3, 0.4) is 0 Å². The van der Waals surface area contributed by atoms with Gasteiger partial charge in [0.15, 0.2) is 5.82 Å². The SMILES string of the molecule is c1ccc(-c2cc(Nc3ccncc3)nc(-c3ccccn3)n2)cc1. The molecular weight excluding hydrogens is 310 g/mol. The van der Waals surface area contributed by atoms with Gasteiger partial charge in [-0.2, -0.15) is 0 Å². The molecular formula is C20H15N5. The van der Waals surface area contributed by atoms with Gasteiger partial charge in [-0.05, 0) is 24.3 Å². The van der Waals surface area contributed by atoms with Gasteiger partial charge < -0.3 is 5.32 Å². The average molecular weight is 325 g/mol. The topological polar surface area (TPSA) is 63.6 Å². The van der Waals surface area contributed by atoms with Crippen molar-refractivity contribution in [2.75, 3.05) is 5.32 Å². The summed E-state index contributed by atoms with van der Waals surface area (Å²) in [5, 5.41) is 3.31. The third-order valence-corrected chi connectivity index (χ3v) is 3.64. The molecule has 5 nitrogen and oxygen atoms in total. The second-order valence-electron chi connectivity index (χ2n) is 5.40. The van der Waals surface area contributed by atoms with Gasteiger partial charge in [0.1, 0.15) is 11.5 Å². The molecule has 120 valence electrons. The number of benzene rings is 1. The van der Waals surface area contributed by atoms with Crippen LogP contribution in [0.5, 0.6) is 0 Å². The van der Waals surface area contributed by atoms with Crippen molar-refractivity contribution in [1.82, 2.24) is 19.9 Å². The highest BCUT2D eigenvalue weighted by molar-refractivity contribution is 5.68. The third-order valence-electron chi connectivity index (χ3n) is 3.64. The fourth-order valence-electron chi connectivity index (χ4n) is 2.46. The number of nitrogens with zero attached hydrogens (tertiary/aromatic N) is 4. The maximum atomic E-state index is 4.69. The van der Waals surface area contributed by atoms with Crippen LogP contribution in [0.1, 0.15) is 0 Å². The van der Waals surface area contributed by atoms with Crippen LogP contribution in [0.4, 0.5) is 11.5 Å². The molecule has 0 amide bonds. The van der Waals surface area contributed by atoms with Gasteiger partial charge in [0.25, 0.3) is 0 Å². The van der Waals surface area contributed by atoms with E-state index in [4.69, 9.17) is 0 Å². The Morgan fingerprint density at radius 2 is 1.48 bits per heavy atom. The van der Waals surface area contributed by atoms with Crippen LogP contribution < -0.4 is 5.32 Å². The smallest absolute Gasteiger partial charge is 0.180 e. The van der Waals surface area contributed by atoms with Crippen LogP contribution in [-0.4, -0.2) is 19.9 Å². The highest BCUT2D eigenvalue weighted by atomic mass is 15.0. The van der Waals surface area contributed by atoms with Gasteiger partial charge in [0, 0.05) is 35.9 Å². The molecule has 0 radical (unpaired) electrons. The second kappa shape index (κ2) is 6.88. The van der Waals surface area contributed by atoms with Crippen LogP contribution in [-0.2, 0) is 0 Å². The summed E-state index contributed by atoms with van der Waals surface area (Å²) >= 11 is 0. The first kappa shape index (κ1) is 15.0. The number of aromatic nitrogens is 4. The predicted molar refractivity (Wildman–Crippen MR) is 98.2 cm³/mol. The number of hydrogen-bond acceptors (Lipinski definition) is 5. The Kier molecular flexibility index (Phi) is 4.12. The molecule has 1 N–H and O–H groups in total. The summed E-state index contributed by atoms with van der Waals surface area (Å²) in [6, 6.07) is 21.5. The highest BCUT2D eigenvalue weighted by Crippen LogP contribution is 2.25. The molecule has 0 saturated carbocycles. The van der Waals surface area contributed by atoms with Crippen molar-refractivity contribution in [3.05, 3.63) is 85.3 Å². The lowest BCUT2D eigenvalue weighted by atomic mass is 10.1. The van der Waals surface area contributed by atoms with Crippen molar-refractivity contribution < 1.29 is 0 Å². The zero-order valence-corrected chi connectivity index (χ0v) is 13.4. The summed E-state index contributed by atoms with van der Waals surface area (Å²) in [5.74, 6) is 1.29. The molecule has 5 heteroatoms. The van der Waals surface area contributed by atoms with Crippen molar-refractivity contribution >= 4 is 11.5 Å². The van der Waals surface area contributed by atoms with Crippen LogP contribution in [0.25, 0.3) is 22.8 Å². The van der Waals surface area contributed by atoms with Gasteiger partial charge in [0.05, 0.1) is 5.69 Å². The molecule has 0 aliphatic rings. The first-order valence-electron chi connectivity index (χ1n) is 7.91. The fourth-order valence-corrected chi connectivity index (χ4v) is 2.46. The molecule has 0 fully saturated rings. The van der Waals surface area contributed by atoms with Gasteiger partial charge in [0.2, 0.25) is 0 Å². The minimum absolute atomic E-state index is 0.582. The molecule has 0 bridgehead atoms. The molecule has 4 rings (SSSR count). The Morgan fingerprint density at radius 1 is 0.680 bits per heavy atom. The Hall–Kier alpha value is -3.60. The molecule has 0 spiro atoms. The maximum absolute atomic E-state index is 4.69. The summed E-state index contributed by atoms with van der Waals surface area (Å²) in [7, 11) is 0. The molecule has 0 aliphatic heterocycles. The van der Waals surface area contributed by atoms with E-state index in [-0.39, 0.29) is 0 Å². The van der Waals surface area contributed by atoms with E-state index in [0.717, 1.165) is 22.6 Å². The van der Waals surface area contributed by atoms with Crippen molar-refractivity contribution in [3.63, 3.8) is 0 Å². The highest BCUT2D eigenvalue weighted by Gasteiger charge is 2.09. The van der Waals surface area contributed by atoms with Crippen molar-refractivity contribution in [1.29, 1.82) is 0 Å². The summed E-state index contributed by atoms with van der Waals surface area (Å²) in [6.07, 6.45) is 5.21. The molecule has 3 aromatic heterocycles. The first-order chi connectivity index (χ1) is 12.4. The largest absolute Gasteiger partial charge is 0.340 e. The fraction of sp³-hybridized carbons (Fsp3) is 0. The van der Waals surface area contributed by atoms with Crippen LogP contribution in [0.15, 0.2) is 85.3 Å². The number of anilines is 2. The monoisotopic (exact) mass is 325 g/mol. The van der Waals surface area contributed by atoms with Crippen molar-refractivity contribution in [2.24, 2.45) is 0 Å². The molecule has 0 saturated heterocycles. The third kappa shape index (κ3) is 3.50. The Bertz CT molecular complexity index is 899. The zero-order chi connectivity index (χ0) is 16.9. The molecule has 1 aromatic carbocycles. The van der Waals surface area contributed by atoms with Crippen molar-refractivity contribution in [3.8, 4) is 22.8 Å². The number of rotatable bonds is 4. The van der Waals surface area contributed by atoms with E-state index >= 15 is 0 Å². The predicted octanol–water partition coefficient (Wildman–Crippen LogP) is 4.34. The summed E-state index contributed by atoms with van der Waals surface area (Å²) in [6.45, 7) is 0. The molecule has 25 heavy (non-hydrogen) atoms. The maximum Gasteiger partial charge on any atom is 0.180 e. The molecule has 0 atom stereocenters. The Labute approximate surface area is 145 Å². The lowest BCUT2D eigenvalue weighted by Gasteiger charge is -2.10. The first-order valence-corrected chi connectivity index (χ1v) is 7.91. The van der Waals surface area contributed by atoms with Gasteiger partial charge in [-0.25, -0.2) is 9.97 Å². The minimum Gasteiger partial charge on any atom is -0.340 e. The summed E-state index contributed by atoms with van der Waals surface area (Å²) in [5.41, 5.74) is 3.52. The van der Waals surface area contributed by atoms with Crippen molar-refractivity contribution in [2.45, 2.75) is 0 Å². The van der Waals surface area contributed by atoms with E-state index in [1.807, 2.05) is 66.7 Å². The average Bonchev–Trinajstić information content (AvgIpc) is 2.70. The van der Waals surface area contributed by atoms with Gasteiger partial charge in [-0.15, -0.1) is 0 Å². The van der Waals surface area contributed by atoms with Gasteiger partial charge in [-0.1, -0.05) is 36.4 Å². The summed E-state index contributed by atoms with van der Waals surface area (Å²) < 4.78 is 0. The minimum atomic E-state index is 0.582. The van der Waals surface area contributed by atoms with Crippen LogP contribution >= 0.6 is 0 Å². The number of pyridine rings is 2.